The van der Waals surface area contributed by atoms with Crippen LogP contribution in [0.4, 0.5) is 0 Å². The molecular formula is C13H11NO3S. The van der Waals surface area contributed by atoms with E-state index in [9.17, 15) is 8.42 Å². The Balaban J connectivity index is 2.28. The van der Waals surface area contributed by atoms with E-state index in [0.29, 0.717) is 22.8 Å². The van der Waals surface area contributed by atoms with Crippen molar-refractivity contribution < 1.29 is 13.2 Å². The molecule has 0 fully saturated rings. The van der Waals surface area contributed by atoms with Crippen LogP contribution in [0.1, 0.15) is 11.3 Å². The van der Waals surface area contributed by atoms with Gasteiger partial charge in [-0.2, -0.15) is 0 Å². The molecule has 0 unspecified atom stereocenters. The first-order valence-corrected chi connectivity index (χ1v) is 7.18. The second kappa shape index (κ2) is 3.81. The summed E-state index contributed by atoms with van der Waals surface area (Å²) < 4.78 is 30.2. The Hall–Kier alpha value is -1.88. The highest BCUT2D eigenvalue weighted by atomic mass is 32.2. The van der Waals surface area contributed by atoms with Crippen molar-refractivity contribution >= 4 is 9.84 Å². The Bertz CT molecular complexity index is 723. The summed E-state index contributed by atoms with van der Waals surface area (Å²) in [6, 6.07) is 10.5. The van der Waals surface area contributed by atoms with Crippen LogP contribution in [0.5, 0.6) is 11.5 Å². The molecule has 0 bridgehead atoms. The maximum atomic E-state index is 12.3. The monoisotopic (exact) mass is 261 g/mol. The molecule has 0 radical (unpaired) electrons. The van der Waals surface area contributed by atoms with Crippen LogP contribution in [-0.4, -0.2) is 13.4 Å². The molecule has 4 nitrogen and oxygen atoms in total. The van der Waals surface area contributed by atoms with Crippen molar-refractivity contribution in [3.8, 4) is 11.5 Å². The van der Waals surface area contributed by atoms with Crippen LogP contribution in [0, 0.1) is 6.92 Å². The maximum Gasteiger partial charge on any atom is 0.203 e. The summed E-state index contributed by atoms with van der Waals surface area (Å²) >= 11 is 0. The standard InChI is InChI=1S/C13H11NO3S/c1-9-6-7-12-13(14-9)18(15,16)8-10-4-2-3-5-11(10)17-12/h2-7H,8H2,1H3. The van der Waals surface area contributed by atoms with Gasteiger partial charge in [-0.15, -0.1) is 0 Å². The molecule has 3 rings (SSSR count). The fraction of sp³-hybridized carbons (Fsp3) is 0.154. The fourth-order valence-corrected chi connectivity index (χ4v) is 3.42. The lowest BCUT2D eigenvalue weighted by atomic mass is 10.2. The predicted octanol–water partition coefficient (Wildman–Crippen LogP) is 2.47. The Morgan fingerprint density at radius 1 is 1.11 bits per heavy atom. The van der Waals surface area contributed by atoms with Gasteiger partial charge < -0.3 is 4.74 Å². The highest BCUT2D eigenvalue weighted by molar-refractivity contribution is 7.90. The van der Waals surface area contributed by atoms with Gasteiger partial charge in [-0.1, -0.05) is 18.2 Å². The number of fused-ring (bicyclic) bond motifs is 2. The molecule has 0 amide bonds. The van der Waals surface area contributed by atoms with Gasteiger partial charge >= 0.3 is 0 Å². The summed E-state index contributed by atoms with van der Waals surface area (Å²) in [5.74, 6) is 0.795. The van der Waals surface area contributed by atoms with Gasteiger partial charge in [0.1, 0.15) is 5.75 Å². The second-order valence-electron chi connectivity index (χ2n) is 4.22. The van der Waals surface area contributed by atoms with E-state index >= 15 is 0 Å². The van der Waals surface area contributed by atoms with Gasteiger partial charge in [-0.25, -0.2) is 13.4 Å². The number of para-hydroxylation sites is 1. The number of rotatable bonds is 0. The van der Waals surface area contributed by atoms with Gasteiger partial charge in [0.2, 0.25) is 9.84 Å². The SMILES string of the molecule is Cc1ccc2c(n1)S(=O)(=O)Cc1ccccc1O2. The number of hydrogen-bond acceptors (Lipinski definition) is 4. The first-order valence-electron chi connectivity index (χ1n) is 5.52. The van der Waals surface area contributed by atoms with Gasteiger partial charge in [-0.3, -0.25) is 0 Å². The third kappa shape index (κ3) is 1.76. The summed E-state index contributed by atoms with van der Waals surface area (Å²) in [6.07, 6.45) is 0. The lowest BCUT2D eigenvalue weighted by Crippen LogP contribution is -2.06. The van der Waals surface area contributed by atoms with Gasteiger partial charge in [0, 0.05) is 11.3 Å². The number of nitrogens with zero attached hydrogens (tertiary/aromatic N) is 1. The molecule has 1 aliphatic rings. The zero-order valence-electron chi connectivity index (χ0n) is 9.75. The number of hydrogen-bond donors (Lipinski definition) is 0. The Kier molecular flexibility index (Phi) is 2.38. The van der Waals surface area contributed by atoms with Crippen LogP contribution in [0.3, 0.4) is 0 Å². The molecule has 0 atom stereocenters. The molecular weight excluding hydrogens is 250 g/mol. The topological polar surface area (TPSA) is 56.3 Å². The lowest BCUT2D eigenvalue weighted by Gasteiger charge is -2.07. The molecule has 0 aliphatic carbocycles. The van der Waals surface area contributed by atoms with Crippen LogP contribution in [0.2, 0.25) is 0 Å². The third-order valence-electron chi connectivity index (χ3n) is 2.80. The molecule has 2 heterocycles. The van der Waals surface area contributed by atoms with E-state index in [4.69, 9.17) is 4.74 Å². The molecule has 1 aliphatic heterocycles. The highest BCUT2D eigenvalue weighted by Crippen LogP contribution is 2.36. The van der Waals surface area contributed by atoms with Gasteiger partial charge in [0.25, 0.3) is 0 Å². The van der Waals surface area contributed by atoms with E-state index in [1.165, 1.54) is 0 Å². The Morgan fingerprint density at radius 3 is 2.72 bits per heavy atom. The first kappa shape index (κ1) is 11.2. The number of sulfone groups is 1. The molecule has 5 heteroatoms. The molecule has 0 spiro atoms. The number of ether oxygens (including phenoxy) is 1. The molecule has 2 aromatic rings. The molecule has 0 saturated carbocycles. The van der Waals surface area contributed by atoms with Crippen LogP contribution in [0.25, 0.3) is 0 Å². The summed E-state index contributed by atoms with van der Waals surface area (Å²) in [5, 5.41) is 0.0266. The van der Waals surface area contributed by atoms with Gasteiger partial charge in [0.05, 0.1) is 5.75 Å². The second-order valence-corrected chi connectivity index (χ2v) is 6.13. The average Bonchev–Trinajstić information content (AvgIpc) is 2.43. The first-order chi connectivity index (χ1) is 8.56. The van der Waals surface area contributed by atoms with Crippen LogP contribution >= 0.6 is 0 Å². The minimum atomic E-state index is -3.45. The molecule has 18 heavy (non-hydrogen) atoms. The number of benzene rings is 1. The predicted molar refractivity (Wildman–Crippen MR) is 66.4 cm³/mol. The molecule has 0 N–H and O–H groups in total. The molecule has 92 valence electrons. The van der Waals surface area contributed by atoms with Gasteiger partial charge in [0.15, 0.2) is 10.8 Å². The summed E-state index contributed by atoms with van der Waals surface area (Å²) in [4.78, 5) is 4.10. The Labute approximate surface area is 105 Å². The number of aryl methyl sites for hydroxylation is 1. The minimum absolute atomic E-state index is 0.0266. The van der Waals surface area contributed by atoms with Crippen molar-refractivity contribution in [2.45, 2.75) is 17.7 Å². The van der Waals surface area contributed by atoms with Crippen molar-refractivity contribution in [3.63, 3.8) is 0 Å². The van der Waals surface area contributed by atoms with Gasteiger partial charge in [-0.05, 0) is 25.1 Å². The Morgan fingerprint density at radius 2 is 1.89 bits per heavy atom. The fourth-order valence-electron chi connectivity index (χ4n) is 1.93. The van der Waals surface area contributed by atoms with Crippen molar-refractivity contribution in [2.75, 3.05) is 0 Å². The normalized spacial score (nSPS) is 16.1. The summed E-state index contributed by atoms with van der Waals surface area (Å²) in [6.45, 7) is 1.76. The number of aromatic nitrogens is 1. The quantitative estimate of drug-likeness (QED) is 0.731. The summed E-state index contributed by atoms with van der Waals surface area (Å²) in [7, 11) is -3.45. The zero-order valence-corrected chi connectivity index (χ0v) is 10.6. The van der Waals surface area contributed by atoms with Crippen LogP contribution in [0.15, 0.2) is 41.4 Å². The molecule has 0 saturated heterocycles. The van der Waals surface area contributed by atoms with Crippen molar-refractivity contribution in [2.24, 2.45) is 0 Å². The lowest BCUT2D eigenvalue weighted by molar-refractivity contribution is 0.462. The minimum Gasteiger partial charge on any atom is -0.454 e. The number of pyridine rings is 1. The maximum absolute atomic E-state index is 12.3. The van der Waals surface area contributed by atoms with E-state index < -0.39 is 9.84 Å². The van der Waals surface area contributed by atoms with Crippen molar-refractivity contribution in [1.82, 2.24) is 4.98 Å². The smallest absolute Gasteiger partial charge is 0.203 e. The average molecular weight is 261 g/mol. The molecule has 1 aromatic carbocycles. The highest BCUT2D eigenvalue weighted by Gasteiger charge is 2.28. The third-order valence-corrected chi connectivity index (χ3v) is 4.37. The van der Waals surface area contributed by atoms with E-state index in [1.54, 1.807) is 37.3 Å². The van der Waals surface area contributed by atoms with E-state index in [0.717, 1.165) is 0 Å². The van der Waals surface area contributed by atoms with Crippen molar-refractivity contribution in [1.29, 1.82) is 0 Å². The summed E-state index contributed by atoms with van der Waals surface area (Å²) in [5.41, 5.74) is 1.32. The van der Waals surface area contributed by atoms with Crippen LogP contribution < -0.4 is 4.74 Å². The van der Waals surface area contributed by atoms with Crippen LogP contribution in [-0.2, 0) is 15.6 Å². The largest absolute Gasteiger partial charge is 0.454 e. The molecule has 1 aromatic heterocycles. The van der Waals surface area contributed by atoms with E-state index in [2.05, 4.69) is 4.98 Å². The zero-order chi connectivity index (χ0) is 12.8. The van der Waals surface area contributed by atoms with Crippen molar-refractivity contribution in [3.05, 3.63) is 47.7 Å². The van der Waals surface area contributed by atoms with E-state index in [1.807, 2.05) is 6.07 Å². The van der Waals surface area contributed by atoms with E-state index in [-0.39, 0.29) is 10.8 Å².